The van der Waals surface area contributed by atoms with Gasteiger partial charge in [-0.15, -0.1) is 0 Å². The van der Waals surface area contributed by atoms with Gasteiger partial charge in [-0.05, 0) is 31.4 Å². The first-order valence-electron chi connectivity index (χ1n) is 10.4. The molecule has 0 spiro atoms. The summed E-state index contributed by atoms with van der Waals surface area (Å²) in [4.78, 5) is 10.5. The second kappa shape index (κ2) is 9.59. The van der Waals surface area contributed by atoms with Gasteiger partial charge in [0.2, 0.25) is 0 Å². The van der Waals surface area contributed by atoms with Crippen molar-refractivity contribution in [2.45, 2.75) is 45.3 Å². The summed E-state index contributed by atoms with van der Waals surface area (Å²) in [6.45, 7) is 1.43. The minimum atomic E-state index is -0.867. The van der Waals surface area contributed by atoms with Crippen molar-refractivity contribution in [2.75, 3.05) is 6.61 Å². The summed E-state index contributed by atoms with van der Waals surface area (Å²) >= 11 is 0. The number of hydrogen-bond acceptors (Lipinski definition) is 4. The van der Waals surface area contributed by atoms with Crippen LogP contribution >= 0.6 is 0 Å². The first-order chi connectivity index (χ1) is 14.7. The predicted octanol–water partition coefficient (Wildman–Crippen LogP) is 5.19. The molecule has 0 radical (unpaired) electrons. The van der Waals surface area contributed by atoms with Gasteiger partial charge < -0.3 is 18.9 Å². The molecule has 0 amide bonds. The van der Waals surface area contributed by atoms with Crippen molar-refractivity contribution in [1.82, 2.24) is 9.72 Å². The van der Waals surface area contributed by atoms with Crippen molar-refractivity contribution in [3.8, 4) is 0 Å². The number of para-hydroxylation sites is 2. The van der Waals surface area contributed by atoms with Crippen LogP contribution < -0.4 is 0 Å². The van der Waals surface area contributed by atoms with Gasteiger partial charge >= 0.3 is 5.97 Å². The van der Waals surface area contributed by atoms with Gasteiger partial charge in [0.05, 0.1) is 18.7 Å². The van der Waals surface area contributed by atoms with Crippen molar-refractivity contribution in [2.24, 2.45) is 0 Å². The van der Waals surface area contributed by atoms with Gasteiger partial charge in [0.25, 0.3) is 0 Å². The molecule has 1 N–H and O–H groups in total. The summed E-state index contributed by atoms with van der Waals surface area (Å²) in [5.41, 5.74) is 3.51. The zero-order valence-electron chi connectivity index (χ0n) is 16.9. The van der Waals surface area contributed by atoms with Crippen molar-refractivity contribution < 1.29 is 19.2 Å². The van der Waals surface area contributed by atoms with Gasteiger partial charge in [-0.25, -0.2) is 0 Å². The topological polar surface area (TPSA) is 77.5 Å². The van der Waals surface area contributed by atoms with Crippen molar-refractivity contribution in [3.63, 3.8) is 0 Å². The highest BCUT2D eigenvalue weighted by atomic mass is 16.5. The lowest BCUT2D eigenvalue weighted by Gasteiger charge is -2.07. The van der Waals surface area contributed by atoms with E-state index in [1.54, 1.807) is 0 Å². The summed E-state index contributed by atoms with van der Waals surface area (Å²) in [5, 5.41) is 15.3. The fraction of sp³-hybridized carbons (Fsp3) is 0.333. The van der Waals surface area contributed by atoms with Gasteiger partial charge in [-0.1, -0.05) is 48.0 Å². The maximum absolute atomic E-state index is 10.5. The number of nitrogens with zero attached hydrogens (tertiary/aromatic N) is 2. The Morgan fingerprint density at radius 1 is 1.00 bits per heavy atom. The lowest BCUT2D eigenvalue weighted by Crippen LogP contribution is -2.02. The molecule has 0 bridgehead atoms. The summed E-state index contributed by atoms with van der Waals surface area (Å²) in [6, 6.07) is 19.1. The molecule has 0 atom stereocenters. The van der Waals surface area contributed by atoms with E-state index in [0.29, 0.717) is 5.76 Å². The van der Waals surface area contributed by atoms with E-state index in [-0.39, 0.29) is 19.6 Å². The summed E-state index contributed by atoms with van der Waals surface area (Å²) in [6.07, 6.45) is 4.12. The third-order valence-corrected chi connectivity index (χ3v) is 5.31. The fourth-order valence-corrected chi connectivity index (χ4v) is 3.87. The van der Waals surface area contributed by atoms with Gasteiger partial charge in [-0.2, -0.15) is 0 Å². The van der Waals surface area contributed by atoms with Crippen LogP contribution in [-0.2, 0) is 29.1 Å². The molecule has 0 fully saturated rings. The molecule has 2 aromatic carbocycles. The number of carboxylic acids is 1. The monoisotopic (exact) mass is 406 g/mol. The number of hydrogen-bond donors (Lipinski definition) is 1. The van der Waals surface area contributed by atoms with E-state index in [9.17, 15) is 4.79 Å². The number of aliphatic carboxylic acids is 1. The molecule has 6 nitrogen and oxygen atoms in total. The standard InChI is InChI=1S/C24H26N2O4/c27-24(28)13-15-29-17-19-16-18(25-30-19)8-2-1-7-14-26-22-11-5-3-9-20(22)21-10-4-6-12-23(21)26/h3-6,9-12,16H,1-2,7-8,13-15,17H2,(H,27,28). The molecule has 0 saturated heterocycles. The Morgan fingerprint density at radius 2 is 1.70 bits per heavy atom. The molecule has 0 aliphatic carbocycles. The zero-order valence-corrected chi connectivity index (χ0v) is 16.9. The zero-order chi connectivity index (χ0) is 20.8. The fourth-order valence-electron chi connectivity index (χ4n) is 3.87. The Balaban J connectivity index is 1.26. The lowest BCUT2D eigenvalue weighted by atomic mass is 10.1. The molecule has 2 heterocycles. The van der Waals surface area contributed by atoms with Crippen LogP contribution in [-0.4, -0.2) is 27.4 Å². The summed E-state index contributed by atoms with van der Waals surface area (Å²) in [7, 11) is 0. The average molecular weight is 406 g/mol. The number of aryl methyl sites for hydroxylation is 2. The van der Waals surface area contributed by atoms with Gasteiger partial charge in [0, 0.05) is 34.4 Å². The van der Waals surface area contributed by atoms with Crippen LogP contribution in [0, 0.1) is 0 Å². The predicted molar refractivity (Wildman–Crippen MR) is 115 cm³/mol. The van der Waals surface area contributed by atoms with Crippen LogP contribution in [0.2, 0.25) is 0 Å². The van der Waals surface area contributed by atoms with Crippen molar-refractivity contribution in [3.05, 3.63) is 66.1 Å². The molecule has 156 valence electrons. The van der Waals surface area contributed by atoms with Crippen molar-refractivity contribution >= 4 is 27.8 Å². The summed E-state index contributed by atoms with van der Waals surface area (Å²) < 4.78 is 13.0. The van der Waals surface area contributed by atoms with E-state index < -0.39 is 5.97 Å². The quantitative estimate of drug-likeness (QED) is 0.347. The molecule has 4 aromatic rings. The number of aromatic nitrogens is 2. The Morgan fingerprint density at radius 3 is 2.40 bits per heavy atom. The van der Waals surface area contributed by atoms with Crippen molar-refractivity contribution in [1.29, 1.82) is 0 Å². The highest BCUT2D eigenvalue weighted by Crippen LogP contribution is 2.29. The molecular weight excluding hydrogens is 380 g/mol. The number of ether oxygens (including phenoxy) is 1. The number of unbranched alkanes of at least 4 members (excludes halogenated alkanes) is 2. The molecule has 6 heteroatoms. The smallest absolute Gasteiger partial charge is 0.305 e. The summed E-state index contributed by atoms with van der Waals surface area (Å²) in [5.74, 6) is -0.227. The second-order valence-corrected chi connectivity index (χ2v) is 7.48. The Kier molecular flexibility index (Phi) is 6.44. The minimum absolute atomic E-state index is 0.00698. The van der Waals surface area contributed by atoms with E-state index in [0.717, 1.165) is 37.9 Å². The van der Waals surface area contributed by atoms with Gasteiger partial charge in [0.1, 0.15) is 6.61 Å². The number of benzene rings is 2. The van der Waals surface area contributed by atoms with E-state index in [2.05, 4.69) is 58.3 Å². The molecule has 30 heavy (non-hydrogen) atoms. The van der Waals surface area contributed by atoms with Crippen LogP contribution in [0.15, 0.2) is 59.1 Å². The van der Waals surface area contributed by atoms with Crippen LogP contribution in [0.4, 0.5) is 0 Å². The Labute approximate surface area is 175 Å². The molecule has 4 rings (SSSR count). The second-order valence-electron chi connectivity index (χ2n) is 7.48. The number of fused-ring (bicyclic) bond motifs is 3. The molecule has 0 aliphatic rings. The normalized spacial score (nSPS) is 11.5. The number of rotatable bonds is 11. The molecule has 0 saturated carbocycles. The van der Waals surface area contributed by atoms with E-state index in [1.165, 1.54) is 21.8 Å². The van der Waals surface area contributed by atoms with Crippen LogP contribution in [0.25, 0.3) is 21.8 Å². The molecular formula is C24H26N2O4. The highest BCUT2D eigenvalue weighted by molar-refractivity contribution is 6.07. The van der Waals surface area contributed by atoms with Gasteiger partial charge in [-0.3, -0.25) is 4.79 Å². The SMILES string of the molecule is O=C(O)CCOCc1cc(CCCCCn2c3ccccc3c3ccccc32)no1. The highest BCUT2D eigenvalue weighted by Gasteiger charge is 2.09. The number of carbonyl (C=O) groups is 1. The first kappa shape index (κ1) is 20.2. The average Bonchev–Trinajstić information content (AvgIpc) is 3.34. The maximum atomic E-state index is 10.5. The molecule has 0 aliphatic heterocycles. The minimum Gasteiger partial charge on any atom is -0.481 e. The third-order valence-electron chi connectivity index (χ3n) is 5.31. The number of carboxylic acid groups (broad SMARTS) is 1. The third kappa shape index (κ3) is 4.71. The molecule has 2 aromatic heterocycles. The van der Waals surface area contributed by atoms with E-state index in [4.69, 9.17) is 14.4 Å². The van der Waals surface area contributed by atoms with Gasteiger partial charge in [0.15, 0.2) is 5.76 Å². The van der Waals surface area contributed by atoms with E-state index in [1.807, 2.05) is 6.07 Å². The largest absolute Gasteiger partial charge is 0.481 e. The van der Waals surface area contributed by atoms with E-state index >= 15 is 0 Å². The van der Waals surface area contributed by atoms with Crippen LogP contribution in [0.1, 0.15) is 37.1 Å². The van der Waals surface area contributed by atoms with Crippen LogP contribution in [0.5, 0.6) is 0 Å². The maximum Gasteiger partial charge on any atom is 0.305 e. The lowest BCUT2D eigenvalue weighted by molar-refractivity contribution is -0.138. The van der Waals surface area contributed by atoms with Crippen LogP contribution in [0.3, 0.4) is 0 Å². The first-order valence-corrected chi connectivity index (χ1v) is 10.4. The molecule has 0 unspecified atom stereocenters. The Bertz CT molecular complexity index is 1080. The Hall–Kier alpha value is -3.12.